The Morgan fingerprint density at radius 3 is 2.26 bits per heavy atom. The molecule has 0 radical (unpaired) electrons. The van der Waals surface area contributed by atoms with Gasteiger partial charge in [0, 0.05) is 12.0 Å². The van der Waals surface area contributed by atoms with E-state index in [1.807, 2.05) is 6.92 Å². The van der Waals surface area contributed by atoms with Gasteiger partial charge in [0.05, 0.1) is 5.60 Å². The zero-order valence-corrected chi connectivity index (χ0v) is 11.7. The minimum absolute atomic E-state index is 0.279. The number of carbonyl (C=O) groups is 2. The van der Waals surface area contributed by atoms with Crippen molar-refractivity contribution < 1.29 is 19.4 Å². The summed E-state index contributed by atoms with van der Waals surface area (Å²) < 4.78 is 5.42. The molecular weight excluding hydrogens is 244 g/mol. The maximum atomic E-state index is 11.6. The molecule has 1 rings (SSSR count). The second-order valence-electron chi connectivity index (χ2n) is 5.80. The van der Waals surface area contributed by atoms with Crippen LogP contribution in [0, 0.1) is 0 Å². The third-order valence-electron chi connectivity index (χ3n) is 3.65. The molecule has 0 aromatic rings. The summed E-state index contributed by atoms with van der Waals surface area (Å²) in [5.74, 6) is -0.398. The maximum Gasteiger partial charge on any atom is 0.333 e. The third kappa shape index (κ3) is 4.31. The first-order valence-electron chi connectivity index (χ1n) is 6.44. The van der Waals surface area contributed by atoms with Crippen molar-refractivity contribution in [3.05, 3.63) is 24.3 Å². The second-order valence-corrected chi connectivity index (χ2v) is 5.80. The van der Waals surface area contributed by atoms with E-state index in [1.165, 1.54) is 0 Å². The zero-order chi connectivity index (χ0) is 14.7. The van der Waals surface area contributed by atoms with Gasteiger partial charge in [-0.05, 0) is 45.1 Å². The molecule has 1 N–H and O–H groups in total. The van der Waals surface area contributed by atoms with Crippen LogP contribution >= 0.6 is 0 Å². The summed E-state index contributed by atoms with van der Waals surface area (Å²) in [6.07, 6.45) is 3.05. The quantitative estimate of drug-likeness (QED) is 0.471. The van der Waals surface area contributed by atoms with Crippen molar-refractivity contribution in [1.29, 1.82) is 0 Å². The predicted octanol–water partition coefficient (Wildman–Crippen LogP) is 2.31. The Labute approximate surface area is 114 Å². The molecule has 0 saturated heterocycles. The van der Waals surface area contributed by atoms with Gasteiger partial charge in [0.1, 0.15) is 11.9 Å². The standard InChI is InChI=1S/C15H22O4/c1-11(2)13(17)19-14(4)5-7-15(18,8-6-14)9-12(3)10-16/h10,18H,1,3,5-9H2,2,4H3. The number of aldehydes is 1. The Bertz CT molecular complexity index is 400. The van der Waals surface area contributed by atoms with E-state index in [0.717, 1.165) is 0 Å². The van der Waals surface area contributed by atoms with Crippen LogP contribution in [0.4, 0.5) is 0 Å². The van der Waals surface area contributed by atoms with Gasteiger partial charge >= 0.3 is 5.97 Å². The largest absolute Gasteiger partial charge is 0.456 e. The summed E-state index contributed by atoms with van der Waals surface area (Å²) in [6.45, 7) is 10.6. The van der Waals surface area contributed by atoms with Crippen molar-refractivity contribution >= 4 is 12.3 Å². The molecule has 0 heterocycles. The van der Waals surface area contributed by atoms with Crippen LogP contribution < -0.4 is 0 Å². The molecule has 0 aromatic heterocycles. The molecule has 1 aliphatic rings. The minimum atomic E-state index is -0.910. The number of rotatable bonds is 5. The molecule has 0 atom stereocenters. The molecule has 0 bridgehead atoms. The molecule has 1 saturated carbocycles. The Morgan fingerprint density at radius 1 is 1.32 bits per heavy atom. The molecule has 0 amide bonds. The molecule has 1 aliphatic carbocycles. The number of ether oxygens (including phenoxy) is 1. The fourth-order valence-electron chi connectivity index (χ4n) is 2.30. The Hall–Kier alpha value is -1.42. The van der Waals surface area contributed by atoms with E-state index in [1.54, 1.807) is 6.92 Å². The molecule has 4 nitrogen and oxygen atoms in total. The molecule has 0 aromatic carbocycles. The summed E-state index contributed by atoms with van der Waals surface area (Å²) >= 11 is 0. The molecule has 1 fully saturated rings. The predicted molar refractivity (Wildman–Crippen MR) is 72.5 cm³/mol. The van der Waals surface area contributed by atoms with E-state index in [2.05, 4.69) is 13.2 Å². The molecule has 4 heteroatoms. The highest BCUT2D eigenvalue weighted by atomic mass is 16.6. The summed E-state index contributed by atoms with van der Waals surface area (Å²) in [4.78, 5) is 22.1. The lowest BCUT2D eigenvalue weighted by molar-refractivity contribution is -0.162. The summed E-state index contributed by atoms with van der Waals surface area (Å²) in [5.41, 5.74) is -0.709. The van der Waals surface area contributed by atoms with E-state index >= 15 is 0 Å². The molecule has 0 spiro atoms. The lowest BCUT2D eigenvalue weighted by Gasteiger charge is -2.41. The summed E-state index contributed by atoms with van der Waals surface area (Å²) in [5, 5.41) is 10.4. The number of hydrogen-bond acceptors (Lipinski definition) is 4. The highest BCUT2D eigenvalue weighted by Gasteiger charge is 2.41. The van der Waals surface area contributed by atoms with E-state index in [0.29, 0.717) is 43.1 Å². The molecule has 0 unspecified atom stereocenters. The Balaban J connectivity index is 2.60. The van der Waals surface area contributed by atoms with Gasteiger partial charge in [-0.1, -0.05) is 13.2 Å². The lowest BCUT2D eigenvalue weighted by Crippen LogP contribution is -2.44. The number of esters is 1. The van der Waals surface area contributed by atoms with Crippen LogP contribution in [0.15, 0.2) is 24.3 Å². The molecule has 19 heavy (non-hydrogen) atoms. The zero-order valence-electron chi connectivity index (χ0n) is 11.7. The van der Waals surface area contributed by atoms with Gasteiger partial charge < -0.3 is 9.84 Å². The van der Waals surface area contributed by atoms with E-state index in [9.17, 15) is 14.7 Å². The minimum Gasteiger partial charge on any atom is -0.456 e. The smallest absolute Gasteiger partial charge is 0.333 e. The van der Waals surface area contributed by atoms with Gasteiger partial charge in [0.2, 0.25) is 0 Å². The first kappa shape index (κ1) is 15.6. The lowest BCUT2D eigenvalue weighted by atomic mass is 9.74. The van der Waals surface area contributed by atoms with Crippen molar-refractivity contribution in [2.45, 2.75) is 57.2 Å². The van der Waals surface area contributed by atoms with Crippen LogP contribution in [0.2, 0.25) is 0 Å². The molecular formula is C15H22O4. The van der Waals surface area contributed by atoms with Crippen LogP contribution in [-0.2, 0) is 14.3 Å². The fraction of sp³-hybridized carbons (Fsp3) is 0.600. The van der Waals surface area contributed by atoms with Crippen LogP contribution in [0.1, 0.15) is 46.0 Å². The van der Waals surface area contributed by atoms with Crippen LogP contribution in [0.3, 0.4) is 0 Å². The van der Waals surface area contributed by atoms with Crippen LogP contribution in [0.25, 0.3) is 0 Å². The van der Waals surface area contributed by atoms with Crippen molar-refractivity contribution in [2.24, 2.45) is 0 Å². The number of carbonyl (C=O) groups excluding carboxylic acids is 2. The number of aliphatic hydroxyl groups is 1. The average Bonchev–Trinajstić information content (AvgIpc) is 2.33. The Kier molecular flexibility index (Phi) is 4.69. The first-order chi connectivity index (χ1) is 8.70. The number of hydrogen-bond donors (Lipinski definition) is 1. The average molecular weight is 266 g/mol. The highest BCUT2D eigenvalue weighted by Crippen LogP contribution is 2.40. The molecule has 0 aliphatic heterocycles. The van der Waals surface area contributed by atoms with Crippen molar-refractivity contribution in [1.82, 2.24) is 0 Å². The van der Waals surface area contributed by atoms with E-state index in [-0.39, 0.29) is 6.42 Å². The maximum absolute atomic E-state index is 11.6. The van der Waals surface area contributed by atoms with E-state index in [4.69, 9.17) is 4.74 Å². The first-order valence-corrected chi connectivity index (χ1v) is 6.44. The van der Waals surface area contributed by atoms with Crippen LogP contribution in [-0.4, -0.2) is 28.6 Å². The summed E-state index contributed by atoms with van der Waals surface area (Å²) in [6, 6.07) is 0. The Morgan fingerprint density at radius 2 is 1.84 bits per heavy atom. The topological polar surface area (TPSA) is 63.6 Å². The van der Waals surface area contributed by atoms with Crippen molar-refractivity contribution in [2.75, 3.05) is 0 Å². The van der Waals surface area contributed by atoms with Gasteiger partial charge in [0.15, 0.2) is 0 Å². The SMILES string of the molecule is C=C(C=O)CC1(O)CCC(C)(OC(=O)C(=C)C)CC1. The molecule has 106 valence electrons. The highest BCUT2D eigenvalue weighted by molar-refractivity contribution is 5.87. The second kappa shape index (κ2) is 5.70. The van der Waals surface area contributed by atoms with Crippen molar-refractivity contribution in [3.8, 4) is 0 Å². The van der Waals surface area contributed by atoms with Crippen molar-refractivity contribution in [3.63, 3.8) is 0 Å². The normalized spacial score (nSPS) is 30.5. The monoisotopic (exact) mass is 266 g/mol. The summed E-state index contributed by atoms with van der Waals surface area (Å²) in [7, 11) is 0. The van der Waals surface area contributed by atoms with Gasteiger partial charge in [-0.25, -0.2) is 4.79 Å². The van der Waals surface area contributed by atoms with Gasteiger partial charge in [-0.3, -0.25) is 4.79 Å². The fourth-order valence-corrected chi connectivity index (χ4v) is 2.30. The third-order valence-corrected chi connectivity index (χ3v) is 3.65. The van der Waals surface area contributed by atoms with Crippen LogP contribution in [0.5, 0.6) is 0 Å². The van der Waals surface area contributed by atoms with Gasteiger partial charge in [0.25, 0.3) is 0 Å². The van der Waals surface area contributed by atoms with E-state index < -0.39 is 17.2 Å². The van der Waals surface area contributed by atoms with Gasteiger partial charge in [-0.2, -0.15) is 0 Å². The van der Waals surface area contributed by atoms with Gasteiger partial charge in [-0.15, -0.1) is 0 Å².